The molecule has 1 saturated carbocycles. The first-order valence-electron chi connectivity index (χ1n) is 9.60. The van der Waals surface area contributed by atoms with Crippen molar-refractivity contribution in [3.8, 4) is 5.88 Å². The molecule has 1 aromatic carbocycles. The SMILES string of the molecule is O=C(c1ccc(Cl)cc1)N1CCC(Oc2ccc(NS(=O)(=O)C3CC3)cn2)CC1. The molecule has 0 spiro atoms. The van der Waals surface area contributed by atoms with Gasteiger partial charge in [0, 0.05) is 42.6 Å². The van der Waals surface area contributed by atoms with Crippen LogP contribution in [-0.2, 0) is 10.0 Å². The molecule has 0 bridgehead atoms. The first-order chi connectivity index (χ1) is 13.9. The van der Waals surface area contributed by atoms with Crippen LogP contribution in [0, 0.1) is 0 Å². The van der Waals surface area contributed by atoms with Gasteiger partial charge in [-0.15, -0.1) is 0 Å². The molecule has 1 N–H and O–H groups in total. The second-order valence-corrected chi connectivity index (χ2v) is 9.75. The molecule has 29 heavy (non-hydrogen) atoms. The zero-order valence-electron chi connectivity index (χ0n) is 15.8. The molecular weight excluding hydrogens is 414 g/mol. The Kier molecular flexibility index (Phi) is 5.65. The fourth-order valence-corrected chi connectivity index (χ4v) is 4.76. The van der Waals surface area contributed by atoms with Crippen LogP contribution in [0.5, 0.6) is 5.88 Å². The highest BCUT2D eigenvalue weighted by molar-refractivity contribution is 7.93. The van der Waals surface area contributed by atoms with Gasteiger partial charge in [0.05, 0.1) is 17.1 Å². The second-order valence-electron chi connectivity index (χ2n) is 7.35. The van der Waals surface area contributed by atoms with Crippen molar-refractivity contribution in [1.82, 2.24) is 9.88 Å². The molecule has 154 valence electrons. The summed E-state index contributed by atoms with van der Waals surface area (Å²) in [5.41, 5.74) is 1.06. The largest absolute Gasteiger partial charge is 0.474 e. The van der Waals surface area contributed by atoms with E-state index in [4.69, 9.17) is 16.3 Å². The third-order valence-electron chi connectivity index (χ3n) is 5.07. The van der Waals surface area contributed by atoms with Crippen molar-refractivity contribution in [1.29, 1.82) is 0 Å². The average Bonchev–Trinajstić information content (AvgIpc) is 3.56. The van der Waals surface area contributed by atoms with Crippen LogP contribution >= 0.6 is 11.6 Å². The number of halogens is 1. The molecule has 0 radical (unpaired) electrons. The summed E-state index contributed by atoms with van der Waals surface area (Å²) in [4.78, 5) is 18.6. The molecule has 7 nitrogen and oxygen atoms in total. The van der Waals surface area contributed by atoms with E-state index in [0.717, 1.165) is 0 Å². The number of amides is 1. The number of carbonyl (C=O) groups is 1. The van der Waals surface area contributed by atoms with Gasteiger partial charge in [0.2, 0.25) is 15.9 Å². The minimum absolute atomic E-state index is 0.00876. The highest BCUT2D eigenvalue weighted by Gasteiger charge is 2.35. The zero-order valence-corrected chi connectivity index (χ0v) is 17.3. The number of benzene rings is 1. The second kappa shape index (κ2) is 8.20. The van der Waals surface area contributed by atoms with E-state index in [9.17, 15) is 13.2 Å². The summed E-state index contributed by atoms with van der Waals surface area (Å²) in [6.07, 6.45) is 4.26. The lowest BCUT2D eigenvalue weighted by atomic mass is 10.1. The number of carbonyl (C=O) groups excluding carboxylic acids is 1. The summed E-state index contributed by atoms with van der Waals surface area (Å²) in [5, 5.41) is 0.326. The molecule has 1 aliphatic heterocycles. The maximum atomic E-state index is 12.6. The monoisotopic (exact) mass is 435 g/mol. The van der Waals surface area contributed by atoms with E-state index in [-0.39, 0.29) is 17.3 Å². The number of ether oxygens (including phenoxy) is 1. The number of aromatic nitrogens is 1. The van der Waals surface area contributed by atoms with E-state index in [1.54, 1.807) is 36.4 Å². The van der Waals surface area contributed by atoms with Crippen LogP contribution < -0.4 is 9.46 Å². The van der Waals surface area contributed by atoms with Crippen molar-refractivity contribution < 1.29 is 17.9 Å². The van der Waals surface area contributed by atoms with Crippen molar-refractivity contribution in [2.75, 3.05) is 17.8 Å². The number of sulfonamides is 1. The molecule has 1 aromatic heterocycles. The maximum absolute atomic E-state index is 12.6. The van der Waals surface area contributed by atoms with E-state index < -0.39 is 10.0 Å². The van der Waals surface area contributed by atoms with Crippen molar-refractivity contribution >= 4 is 33.2 Å². The number of likely N-dealkylation sites (tertiary alicyclic amines) is 1. The van der Waals surface area contributed by atoms with E-state index >= 15 is 0 Å². The number of piperidine rings is 1. The van der Waals surface area contributed by atoms with Crippen molar-refractivity contribution in [3.05, 3.63) is 53.2 Å². The molecule has 1 aliphatic carbocycles. The fourth-order valence-electron chi connectivity index (χ4n) is 3.26. The van der Waals surface area contributed by atoms with E-state index in [0.29, 0.717) is 60.9 Å². The van der Waals surface area contributed by atoms with E-state index in [1.807, 2.05) is 4.90 Å². The number of hydrogen-bond acceptors (Lipinski definition) is 5. The number of nitrogens with zero attached hydrogens (tertiary/aromatic N) is 2. The van der Waals surface area contributed by atoms with Crippen LogP contribution in [0.2, 0.25) is 5.02 Å². The molecule has 2 aliphatic rings. The third-order valence-corrected chi connectivity index (χ3v) is 7.19. The molecule has 1 saturated heterocycles. The number of rotatable bonds is 6. The van der Waals surface area contributed by atoms with Crippen LogP contribution in [0.4, 0.5) is 5.69 Å². The molecule has 0 atom stereocenters. The van der Waals surface area contributed by atoms with Crippen LogP contribution in [0.1, 0.15) is 36.0 Å². The Bertz CT molecular complexity index is 968. The van der Waals surface area contributed by atoms with Gasteiger partial charge >= 0.3 is 0 Å². The Balaban J connectivity index is 1.28. The lowest BCUT2D eigenvalue weighted by molar-refractivity contribution is 0.0588. The van der Waals surface area contributed by atoms with Gasteiger partial charge in [0.15, 0.2) is 0 Å². The van der Waals surface area contributed by atoms with Crippen LogP contribution in [0.15, 0.2) is 42.6 Å². The summed E-state index contributed by atoms with van der Waals surface area (Å²) in [7, 11) is -3.30. The molecular formula is C20H22ClN3O4S. The third kappa shape index (κ3) is 5.00. The smallest absolute Gasteiger partial charge is 0.253 e. The minimum Gasteiger partial charge on any atom is -0.474 e. The van der Waals surface area contributed by atoms with Crippen LogP contribution in [0.3, 0.4) is 0 Å². The summed E-state index contributed by atoms with van der Waals surface area (Å²) >= 11 is 5.87. The fraction of sp³-hybridized carbons (Fsp3) is 0.400. The number of pyridine rings is 1. The Labute approximate surface area is 175 Å². The van der Waals surface area contributed by atoms with Gasteiger partial charge in [0.25, 0.3) is 5.91 Å². The van der Waals surface area contributed by atoms with Crippen molar-refractivity contribution in [2.24, 2.45) is 0 Å². The average molecular weight is 436 g/mol. The van der Waals surface area contributed by atoms with Gasteiger partial charge in [-0.1, -0.05) is 11.6 Å². The highest BCUT2D eigenvalue weighted by atomic mass is 35.5. The van der Waals surface area contributed by atoms with Gasteiger partial charge in [-0.05, 0) is 43.2 Å². The lowest BCUT2D eigenvalue weighted by Crippen LogP contribution is -2.41. The molecule has 2 heterocycles. The van der Waals surface area contributed by atoms with Gasteiger partial charge in [-0.3, -0.25) is 9.52 Å². The Morgan fingerprint density at radius 1 is 1.07 bits per heavy atom. The molecule has 0 unspecified atom stereocenters. The number of anilines is 1. The van der Waals surface area contributed by atoms with Gasteiger partial charge in [-0.25, -0.2) is 13.4 Å². The van der Waals surface area contributed by atoms with Crippen molar-refractivity contribution in [2.45, 2.75) is 37.0 Å². The topological polar surface area (TPSA) is 88.6 Å². The first-order valence-corrected chi connectivity index (χ1v) is 11.5. The Hall–Kier alpha value is -2.32. The summed E-state index contributed by atoms with van der Waals surface area (Å²) in [6, 6.07) is 10.2. The predicted octanol–water partition coefficient (Wildman–Crippen LogP) is 3.32. The maximum Gasteiger partial charge on any atom is 0.253 e. The van der Waals surface area contributed by atoms with Gasteiger partial charge in [-0.2, -0.15) is 0 Å². The number of nitrogens with one attached hydrogen (secondary N) is 1. The molecule has 2 aromatic rings. The van der Waals surface area contributed by atoms with Gasteiger partial charge in [0.1, 0.15) is 6.10 Å². The van der Waals surface area contributed by atoms with Gasteiger partial charge < -0.3 is 9.64 Å². The molecule has 4 rings (SSSR count). The van der Waals surface area contributed by atoms with Crippen LogP contribution in [0.25, 0.3) is 0 Å². The summed E-state index contributed by atoms with van der Waals surface area (Å²) < 4.78 is 32.4. The van der Waals surface area contributed by atoms with E-state index in [1.165, 1.54) is 6.20 Å². The molecule has 9 heteroatoms. The van der Waals surface area contributed by atoms with Crippen molar-refractivity contribution in [3.63, 3.8) is 0 Å². The summed E-state index contributed by atoms with van der Waals surface area (Å²) in [6.45, 7) is 1.21. The molecule has 1 amide bonds. The Morgan fingerprint density at radius 3 is 2.34 bits per heavy atom. The minimum atomic E-state index is -3.30. The van der Waals surface area contributed by atoms with Crippen LogP contribution in [-0.4, -0.2) is 48.7 Å². The molecule has 2 fully saturated rings. The predicted molar refractivity (Wildman–Crippen MR) is 111 cm³/mol. The summed E-state index contributed by atoms with van der Waals surface area (Å²) in [5.74, 6) is 0.437. The quantitative estimate of drug-likeness (QED) is 0.751. The van der Waals surface area contributed by atoms with E-state index in [2.05, 4.69) is 9.71 Å². The zero-order chi connectivity index (χ0) is 20.4. The normalized spacial score (nSPS) is 17.8. The highest BCUT2D eigenvalue weighted by Crippen LogP contribution is 2.30. The lowest BCUT2D eigenvalue weighted by Gasteiger charge is -2.32. The first kappa shape index (κ1) is 20.0. The standard InChI is InChI=1S/C20H22ClN3O4S/c21-15-3-1-14(2-4-15)20(25)24-11-9-17(10-12-24)28-19-8-5-16(13-22-19)23-29(26,27)18-6-7-18/h1-5,8,13,17-18,23H,6-7,9-12H2. The Morgan fingerprint density at radius 2 is 1.76 bits per heavy atom. The number of hydrogen-bond donors (Lipinski definition) is 1.